The van der Waals surface area contributed by atoms with Gasteiger partial charge in [-0.25, -0.2) is 0 Å². The van der Waals surface area contributed by atoms with E-state index in [0.717, 1.165) is 16.7 Å². The van der Waals surface area contributed by atoms with E-state index >= 15 is 0 Å². The number of carbonyl (C=O) groups is 1. The van der Waals surface area contributed by atoms with E-state index in [2.05, 4.69) is 0 Å². The van der Waals surface area contributed by atoms with Crippen LogP contribution in [0.4, 0.5) is 0 Å². The summed E-state index contributed by atoms with van der Waals surface area (Å²) in [7, 11) is 3.10. The first-order valence-electron chi connectivity index (χ1n) is 11.2. The van der Waals surface area contributed by atoms with E-state index in [1.807, 2.05) is 44.2 Å². The lowest BCUT2D eigenvalue weighted by Crippen LogP contribution is -2.29. The number of methoxy groups -OCH3 is 2. The topological polar surface area (TPSA) is 69.0 Å². The van der Waals surface area contributed by atoms with Gasteiger partial charge in [-0.15, -0.1) is 0 Å². The quantitative estimate of drug-likeness (QED) is 0.353. The molecule has 1 amide bonds. The van der Waals surface area contributed by atoms with E-state index in [1.165, 1.54) is 0 Å². The van der Waals surface area contributed by atoms with Crippen LogP contribution in [0, 0.1) is 13.8 Å². The zero-order valence-corrected chi connectivity index (χ0v) is 20.6. The number of fused-ring (bicyclic) bond motifs is 2. The van der Waals surface area contributed by atoms with Gasteiger partial charge in [0.25, 0.3) is 5.91 Å². The molecule has 0 bridgehead atoms. The lowest BCUT2D eigenvalue weighted by molar-refractivity contribution is 0.0714. The Morgan fingerprint density at radius 1 is 0.943 bits per heavy atom. The van der Waals surface area contributed by atoms with Crippen molar-refractivity contribution >= 4 is 28.5 Å². The van der Waals surface area contributed by atoms with Gasteiger partial charge in [0.15, 0.2) is 16.9 Å². The van der Waals surface area contributed by atoms with Crippen LogP contribution in [0.2, 0.25) is 5.02 Å². The highest BCUT2D eigenvalue weighted by atomic mass is 35.5. The SMILES string of the molecule is COc1ccc(C2c3c(oc4cc(C)c(Cl)cc4c3=O)C(=O)N2Cc2ccc(C)cc2)cc1OC. The molecule has 1 unspecified atom stereocenters. The number of halogens is 1. The summed E-state index contributed by atoms with van der Waals surface area (Å²) in [6, 6.07) is 16.0. The summed E-state index contributed by atoms with van der Waals surface area (Å²) in [4.78, 5) is 29.1. The Balaban J connectivity index is 1.74. The normalized spacial score (nSPS) is 14.9. The Labute approximate surface area is 207 Å². The zero-order chi connectivity index (χ0) is 24.9. The Morgan fingerprint density at radius 2 is 1.66 bits per heavy atom. The summed E-state index contributed by atoms with van der Waals surface area (Å²) in [5, 5.41) is 0.808. The third kappa shape index (κ3) is 3.84. The lowest BCUT2D eigenvalue weighted by Gasteiger charge is -2.26. The maximum Gasteiger partial charge on any atom is 0.291 e. The Morgan fingerprint density at radius 3 is 2.34 bits per heavy atom. The average molecular weight is 490 g/mol. The Hall–Kier alpha value is -3.77. The van der Waals surface area contributed by atoms with Crippen molar-refractivity contribution in [2.24, 2.45) is 0 Å². The molecule has 0 N–H and O–H groups in total. The van der Waals surface area contributed by atoms with Crippen LogP contribution >= 0.6 is 11.6 Å². The molecule has 1 aliphatic rings. The second-order valence-electron chi connectivity index (χ2n) is 8.71. The van der Waals surface area contributed by atoms with Gasteiger partial charge in [0.2, 0.25) is 5.76 Å². The van der Waals surface area contributed by atoms with Gasteiger partial charge in [-0.05, 0) is 54.8 Å². The zero-order valence-electron chi connectivity index (χ0n) is 19.8. The molecule has 1 atom stereocenters. The monoisotopic (exact) mass is 489 g/mol. The minimum atomic E-state index is -0.667. The first kappa shape index (κ1) is 23.0. The van der Waals surface area contributed by atoms with Crippen LogP contribution in [0.1, 0.15) is 44.4 Å². The van der Waals surface area contributed by atoms with Crippen LogP contribution in [0.15, 0.2) is 63.8 Å². The largest absolute Gasteiger partial charge is 0.493 e. The van der Waals surface area contributed by atoms with E-state index in [0.29, 0.717) is 45.2 Å². The van der Waals surface area contributed by atoms with Crippen molar-refractivity contribution in [3.05, 3.63) is 103 Å². The van der Waals surface area contributed by atoms with Crippen molar-refractivity contribution in [1.82, 2.24) is 4.90 Å². The Bertz CT molecular complexity index is 1520. The molecule has 2 heterocycles. The first-order valence-corrected chi connectivity index (χ1v) is 11.6. The highest BCUT2D eigenvalue weighted by Gasteiger charge is 2.43. The second kappa shape index (κ2) is 8.78. The molecule has 0 saturated heterocycles. The molecule has 5 rings (SSSR count). The van der Waals surface area contributed by atoms with Crippen LogP contribution in [0.5, 0.6) is 11.5 Å². The predicted molar refractivity (Wildman–Crippen MR) is 135 cm³/mol. The summed E-state index contributed by atoms with van der Waals surface area (Å²) in [5.41, 5.74) is 3.90. The van der Waals surface area contributed by atoms with Gasteiger partial charge in [0.1, 0.15) is 5.58 Å². The van der Waals surface area contributed by atoms with Crippen LogP contribution < -0.4 is 14.9 Å². The molecule has 0 fully saturated rings. The molecule has 0 saturated carbocycles. The molecule has 1 aromatic heterocycles. The fraction of sp³-hybridized carbons (Fsp3) is 0.214. The van der Waals surface area contributed by atoms with Crippen LogP contribution in [-0.2, 0) is 6.54 Å². The number of hydrogen-bond acceptors (Lipinski definition) is 5. The molecule has 6 nitrogen and oxygen atoms in total. The van der Waals surface area contributed by atoms with Crippen molar-refractivity contribution in [3.8, 4) is 11.5 Å². The number of rotatable bonds is 5. The second-order valence-corrected chi connectivity index (χ2v) is 9.11. The summed E-state index contributed by atoms with van der Waals surface area (Å²) < 4.78 is 17.0. The molecule has 1 aliphatic heterocycles. The Kier molecular flexibility index (Phi) is 5.77. The third-order valence-electron chi connectivity index (χ3n) is 6.44. The van der Waals surface area contributed by atoms with Crippen molar-refractivity contribution in [3.63, 3.8) is 0 Å². The van der Waals surface area contributed by atoms with Crippen LogP contribution in [-0.4, -0.2) is 25.0 Å². The smallest absolute Gasteiger partial charge is 0.291 e. The van der Waals surface area contributed by atoms with E-state index in [9.17, 15) is 9.59 Å². The van der Waals surface area contributed by atoms with Crippen molar-refractivity contribution in [1.29, 1.82) is 0 Å². The van der Waals surface area contributed by atoms with E-state index in [1.54, 1.807) is 43.4 Å². The van der Waals surface area contributed by atoms with E-state index < -0.39 is 6.04 Å². The maximum absolute atomic E-state index is 13.8. The molecule has 0 aliphatic carbocycles. The van der Waals surface area contributed by atoms with Crippen LogP contribution in [0.25, 0.3) is 11.0 Å². The van der Waals surface area contributed by atoms with Gasteiger partial charge in [0.05, 0.1) is 31.2 Å². The van der Waals surface area contributed by atoms with E-state index in [4.69, 9.17) is 25.5 Å². The molecule has 0 spiro atoms. The average Bonchev–Trinajstić information content (AvgIpc) is 3.13. The van der Waals surface area contributed by atoms with Gasteiger partial charge in [-0.1, -0.05) is 47.5 Å². The van der Waals surface area contributed by atoms with Crippen molar-refractivity contribution in [2.75, 3.05) is 14.2 Å². The van der Waals surface area contributed by atoms with Gasteiger partial charge >= 0.3 is 0 Å². The third-order valence-corrected chi connectivity index (χ3v) is 6.85. The molecule has 35 heavy (non-hydrogen) atoms. The number of nitrogens with zero attached hydrogens (tertiary/aromatic N) is 1. The fourth-order valence-electron chi connectivity index (χ4n) is 4.56. The summed E-state index contributed by atoms with van der Waals surface area (Å²) in [5.74, 6) is 0.770. The maximum atomic E-state index is 13.8. The van der Waals surface area contributed by atoms with E-state index in [-0.39, 0.29) is 17.1 Å². The minimum Gasteiger partial charge on any atom is -0.493 e. The fourth-order valence-corrected chi connectivity index (χ4v) is 4.73. The summed E-state index contributed by atoms with van der Waals surface area (Å²) >= 11 is 6.33. The number of aryl methyl sites for hydroxylation is 2. The minimum absolute atomic E-state index is 0.0520. The molecular weight excluding hydrogens is 466 g/mol. The molecule has 3 aromatic carbocycles. The molecule has 4 aromatic rings. The number of hydrogen-bond donors (Lipinski definition) is 0. The highest BCUT2D eigenvalue weighted by molar-refractivity contribution is 6.32. The standard InChI is InChI=1S/C28H24ClNO5/c1-15-5-7-17(8-6-15)14-30-25(18-9-10-21(33-3)23(12-18)34-4)24-26(31)19-13-20(29)16(2)11-22(19)35-27(24)28(30)32/h5-13,25H,14H2,1-4H3. The van der Waals surface area contributed by atoms with Gasteiger partial charge in [0, 0.05) is 11.6 Å². The lowest BCUT2D eigenvalue weighted by atomic mass is 9.97. The number of ether oxygens (including phenoxy) is 2. The van der Waals surface area contributed by atoms with Gasteiger partial charge in [-0.3, -0.25) is 9.59 Å². The number of carbonyl (C=O) groups excluding carboxylic acids is 1. The number of amides is 1. The highest BCUT2D eigenvalue weighted by Crippen LogP contribution is 2.42. The van der Waals surface area contributed by atoms with Gasteiger partial charge in [-0.2, -0.15) is 0 Å². The molecule has 0 radical (unpaired) electrons. The van der Waals surface area contributed by atoms with Crippen LogP contribution in [0.3, 0.4) is 0 Å². The first-order chi connectivity index (χ1) is 16.8. The predicted octanol–water partition coefficient (Wildman–Crippen LogP) is 5.83. The molecule has 178 valence electrons. The van der Waals surface area contributed by atoms with Crippen molar-refractivity contribution in [2.45, 2.75) is 26.4 Å². The summed E-state index contributed by atoms with van der Waals surface area (Å²) in [6.45, 7) is 4.14. The molecule has 7 heteroatoms. The summed E-state index contributed by atoms with van der Waals surface area (Å²) in [6.07, 6.45) is 0. The molecular formula is C28H24ClNO5. The van der Waals surface area contributed by atoms with Crippen molar-refractivity contribution < 1.29 is 18.7 Å². The van der Waals surface area contributed by atoms with Gasteiger partial charge < -0.3 is 18.8 Å². The number of benzene rings is 3.